The lowest BCUT2D eigenvalue weighted by Gasteiger charge is -2.17. The number of ether oxygens (including phenoxy) is 4. The maximum absolute atomic E-state index is 12.5. The first-order valence-corrected chi connectivity index (χ1v) is 27.8. The van der Waals surface area contributed by atoms with Crippen LogP contribution in [0.5, 0.6) is 0 Å². The van der Waals surface area contributed by atoms with Crippen LogP contribution in [-0.2, 0) is 66.9 Å². The number of rotatable bonds is 55. The highest BCUT2D eigenvalue weighted by atomic mass is 16.5. The molecule has 4 atom stereocenters. The molecule has 4 unspecified atom stereocenters. The van der Waals surface area contributed by atoms with Gasteiger partial charge in [0.25, 0.3) is 0 Å². The maximum Gasteiger partial charge on any atom is 0.326 e. The molecule has 10 N–H and O–H groups in total. The zero-order valence-electron chi connectivity index (χ0n) is 46.1. The molecule has 0 aliphatic rings. The van der Waals surface area contributed by atoms with E-state index >= 15 is 0 Å². The molecule has 0 spiro atoms. The zero-order valence-corrected chi connectivity index (χ0v) is 46.1. The largest absolute Gasteiger partial charge is 0.480 e. The molecule has 0 bridgehead atoms. The van der Waals surface area contributed by atoms with Crippen molar-refractivity contribution in [3.8, 4) is 0 Å². The lowest BCUT2D eigenvalue weighted by Crippen LogP contribution is -2.45. The molecule has 24 heteroatoms. The molecular formula is C53H95N7O17. The Kier molecular flexibility index (Phi) is 47.0. The van der Waals surface area contributed by atoms with E-state index in [1.807, 2.05) is 0 Å². The molecular weight excluding hydrogens is 1010 g/mol. The molecule has 6 amide bonds. The van der Waals surface area contributed by atoms with Crippen molar-refractivity contribution < 1.29 is 82.2 Å². The van der Waals surface area contributed by atoms with Gasteiger partial charge in [0.15, 0.2) is 0 Å². The number of carboxylic acids is 2. The van der Waals surface area contributed by atoms with Gasteiger partial charge in [0.05, 0.1) is 51.7 Å². The fourth-order valence-electron chi connectivity index (χ4n) is 7.78. The second-order valence-corrected chi connectivity index (χ2v) is 18.9. The van der Waals surface area contributed by atoms with Crippen LogP contribution in [0.4, 0.5) is 0 Å². The molecule has 0 rings (SSSR count). The summed E-state index contributed by atoms with van der Waals surface area (Å²) in [5.41, 5.74) is 0. The number of carboxylic acid groups (broad SMARTS) is 2. The Balaban J connectivity index is 3.92. The van der Waals surface area contributed by atoms with Gasteiger partial charge in [0, 0.05) is 51.9 Å². The van der Waals surface area contributed by atoms with Crippen molar-refractivity contribution in [2.75, 3.05) is 86.1 Å². The highest BCUT2D eigenvalue weighted by Crippen LogP contribution is 2.14. The molecule has 0 aromatic heterocycles. The first kappa shape index (κ1) is 71.9. The molecule has 24 nitrogen and oxygen atoms in total. The summed E-state index contributed by atoms with van der Waals surface area (Å²) < 4.78 is 21.3. The maximum atomic E-state index is 12.5. The Bertz CT molecular complexity index is 1660. The molecule has 77 heavy (non-hydrogen) atoms. The van der Waals surface area contributed by atoms with Gasteiger partial charge in [0.1, 0.15) is 37.4 Å². The second kappa shape index (κ2) is 50.4. The SMILES string of the molecule is CNC(CCCCNC(=O)CCC(NC(=O)CCC(NC(=O)COCCOCCNC(=O)COCCOCCNC(=O)CCC(C=O)NC(=O)CCCCCCCCCCCCCCCCCO)C(=O)O)C(=O)O)C(C)=O. The highest BCUT2D eigenvalue weighted by Gasteiger charge is 2.25. The van der Waals surface area contributed by atoms with Gasteiger partial charge in [-0.05, 0) is 65.3 Å². The van der Waals surface area contributed by atoms with Crippen molar-refractivity contribution >= 4 is 59.5 Å². The summed E-state index contributed by atoms with van der Waals surface area (Å²) in [6.07, 6.45) is 19.4. The molecule has 0 saturated heterocycles. The molecule has 0 aliphatic carbocycles. The van der Waals surface area contributed by atoms with Crippen LogP contribution >= 0.6 is 0 Å². The van der Waals surface area contributed by atoms with Crippen molar-refractivity contribution in [3.05, 3.63) is 0 Å². The predicted molar refractivity (Wildman–Crippen MR) is 285 cm³/mol. The number of Topliss-reactive ketones (excluding diaryl/α,β-unsaturated/α-hetero) is 1. The number of ketones is 1. The standard InChI is InChI=1S/C53H95N7O17/c1-41(63)43(54-2)20-17-18-28-55-47(65)26-23-44(52(70)71)59-49(67)27-24-45(53(72)73)60-51(69)40-77-37-35-75-33-30-57-50(68)39-76-36-34-74-32-29-56-46(64)25-22-42(38-62)58-48(66)21-16-14-12-10-8-6-4-3-5-7-9-11-13-15-19-31-61/h38,42-45,54,61H,3-37,39-40H2,1-2H3,(H,55,65)(H,56,64)(H,57,68)(H,58,66)(H,59,67)(H,60,69)(H,70,71)(H,72,73). The number of aliphatic carboxylic acids is 2. The van der Waals surface area contributed by atoms with Crippen LogP contribution in [0, 0.1) is 0 Å². The Morgan fingerprint density at radius 3 is 1.31 bits per heavy atom. The molecule has 0 saturated carbocycles. The van der Waals surface area contributed by atoms with Gasteiger partial charge in [-0.3, -0.25) is 33.6 Å². The van der Waals surface area contributed by atoms with Gasteiger partial charge < -0.3 is 76.3 Å². The van der Waals surface area contributed by atoms with Crippen molar-refractivity contribution in [1.82, 2.24) is 37.2 Å². The van der Waals surface area contributed by atoms with E-state index in [1.165, 1.54) is 64.7 Å². The van der Waals surface area contributed by atoms with E-state index < -0.39 is 66.7 Å². The average Bonchev–Trinajstić information content (AvgIpc) is 3.39. The fraction of sp³-hybridized carbons (Fsp3) is 0.811. The number of aliphatic hydroxyl groups is 1. The van der Waals surface area contributed by atoms with E-state index in [9.17, 15) is 58.2 Å². The lowest BCUT2D eigenvalue weighted by atomic mass is 10.0. The van der Waals surface area contributed by atoms with E-state index in [4.69, 9.17) is 24.1 Å². The third-order valence-corrected chi connectivity index (χ3v) is 12.3. The third kappa shape index (κ3) is 45.6. The Hall–Kier alpha value is -5.14. The van der Waals surface area contributed by atoms with Crippen LogP contribution in [0.1, 0.15) is 167 Å². The molecule has 444 valence electrons. The number of aldehydes is 1. The number of amides is 6. The number of carbonyl (C=O) groups is 10. The summed E-state index contributed by atoms with van der Waals surface area (Å²) >= 11 is 0. The number of carbonyl (C=O) groups excluding carboxylic acids is 8. The quantitative estimate of drug-likeness (QED) is 0.0308. The third-order valence-electron chi connectivity index (χ3n) is 12.3. The summed E-state index contributed by atoms with van der Waals surface area (Å²) in [5.74, 6) is -5.59. The van der Waals surface area contributed by atoms with Crippen LogP contribution in [0.25, 0.3) is 0 Å². The van der Waals surface area contributed by atoms with Gasteiger partial charge in [-0.15, -0.1) is 0 Å². The Labute approximate surface area is 455 Å². The molecule has 0 heterocycles. The van der Waals surface area contributed by atoms with Crippen LogP contribution in [-0.4, -0.2) is 185 Å². The van der Waals surface area contributed by atoms with Crippen LogP contribution in [0.3, 0.4) is 0 Å². The fourth-order valence-corrected chi connectivity index (χ4v) is 7.78. The molecule has 0 fully saturated rings. The van der Waals surface area contributed by atoms with Crippen LogP contribution in [0.15, 0.2) is 0 Å². The summed E-state index contributed by atoms with van der Waals surface area (Å²) in [5, 5.41) is 46.0. The smallest absolute Gasteiger partial charge is 0.326 e. The Morgan fingerprint density at radius 2 is 0.831 bits per heavy atom. The molecule has 0 aliphatic heterocycles. The minimum atomic E-state index is -1.47. The van der Waals surface area contributed by atoms with E-state index in [0.717, 1.165) is 38.5 Å². The number of hydrogen-bond donors (Lipinski definition) is 10. The first-order valence-electron chi connectivity index (χ1n) is 27.8. The second-order valence-electron chi connectivity index (χ2n) is 18.9. The van der Waals surface area contributed by atoms with Crippen molar-refractivity contribution in [2.24, 2.45) is 0 Å². The topological polar surface area (TPSA) is 353 Å². The summed E-state index contributed by atoms with van der Waals surface area (Å²) in [4.78, 5) is 120. The van der Waals surface area contributed by atoms with Gasteiger partial charge in [-0.1, -0.05) is 83.5 Å². The molecule has 0 aromatic rings. The van der Waals surface area contributed by atoms with E-state index in [0.29, 0.717) is 45.1 Å². The van der Waals surface area contributed by atoms with Crippen molar-refractivity contribution in [1.29, 1.82) is 0 Å². The average molecular weight is 1100 g/mol. The molecule has 0 aromatic carbocycles. The van der Waals surface area contributed by atoms with Gasteiger partial charge >= 0.3 is 11.9 Å². The number of unbranched alkanes of at least 4 members (excludes halogenated alkanes) is 15. The lowest BCUT2D eigenvalue weighted by molar-refractivity contribution is -0.144. The number of nitrogens with one attached hydrogen (secondary N) is 7. The molecule has 0 radical (unpaired) electrons. The minimum Gasteiger partial charge on any atom is -0.480 e. The summed E-state index contributed by atoms with van der Waals surface area (Å²) in [6.45, 7) is 2.44. The minimum absolute atomic E-state index is 0.0204. The van der Waals surface area contributed by atoms with Crippen LogP contribution in [0.2, 0.25) is 0 Å². The number of hydrogen-bond acceptors (Lipinski definition) is 16. The van der Waals surface area contributed by atoms with E-state index in [-0.39, 0.29) is 115 Å². The summed E-state index contributed by atoms with van der Waals surface area (Å²) in [7, 11) is 1.69. The van der Waals surface area contributed by atoms with Crippen molar-refractivity contribution in [2.45, 2.75) is 192 Å². The summed E-state index contributed by atoms with van der Waals surface area (Å²) in [6, 6.07) is -3.85. The predicted octanol–water partition coefficient (Wildman–Crippen LogP) is 2.15. The first-order chi connectivity index (χ1) is 37.1. The van der Waals surface area contributed by atoms with Gasteiger partial charge in [0.2, 0.25) is 35.4 Å². The number of likely N-dealkylation sites (N-methyl/N-ethyl adjacent to an activating group) is 1. The number of aliphatic hydroxyl groups excluding tert-OH is 1. The van der Waals surface area contributed by atoms with Crippen molar-refractivity contribution in [3.63, 3.8) is 0 Å². The highest BCUT2D eigenvalue weighted by molar-refractivity contribution is 5.87. The van der Waals surface area contributed by atoms with Gasteiger partial charge in [-0.25, -0.2) is 9.59 Å². The van der Waals surface area contributed by atoms with Gasteiger partial charge in [-0.2, -0.15) is 0 Å². The van der Waals surface area contributed by atoms with E-state index in [2.05, 4.69) is 37.2 Å². The monoisotopic (exact) mass is 1100 g/mol. The van der Waals surface area contributed by atoms with Crippen LogP contribution < -0.4 is 37.2 Å². The zero-order chi connectivity index (χ0) is 57.2. The Morgan fingerprint density at radius 1 is 0.416 bits per heavy atom. The van der Waals surface area contributed by atoms with E-state index in [1.54, 1.807) is 7.05 Å². The normalized spacial score (nSPS) is 12.6.